The number of carbonyl (C=O) groups excluding carboxylic acids is 2. The molecule has 0 fully saturated rings. The van der Waals surface area contributed by atoms with Crippen molar-refractivity contribution in [2.45, 2.75) is 20.3 Å². The minimum Gasteiger partial charge on any atom is -0.482 e. The average Bonchev–Trinajstić information content (AvgIpc) is 2.92. The van der Waals surface area contributed by atoms with Crippen LogP contribution in [-0.4, -0.2) is 42.5 Å². The number of nitrogens with zero attached hydrogens (tertiary/aromatic N) is 1. The van der Waals surface area contributed by atoms with E-state index in [0.717, 1.165) is 17.0 Å². The number of anilines is 1. The number of hydrogen-bond acceptors (Lipinski definition) is 5. The van der Waals surface area contributed by atoms with Crippen molar-refractivity contribution >= 4 is 17.7 Å². The summed E-state index contributed by atoms with van der Waals surface area (Å²) in [4.78, 5) is 22.9. The third-order valence-corrected chi connectivity index (χ3v) is 3.64. The Labute approximate surface area is 145 Å². The van der Waals surface area contributed by atoms with Crippen molar-refractivity contribution in [2.75, 3.05) is 25.6 Å². The maximum atomic E-state index is 11.9. The van der Waals surface area contributed by atoms with Crippen molar-refractivity contribution in [1.82, 2.24) is 15.5 Å². The predicted molar refractivity (Wildman–Crippen MR) is 92.7 cm³/mol. The number of urea groups is 1. The van der Waals surface area contributed by atoms with Crippen molar-refractivity contribution in [2.24, 2.45) is 0 Å². The first-order chi connectivity index (χ1) is 12.0. The summed E-state index contributed by atoms with van der Waals surface area (Å²) in [5.74, 6) is 0.0620. The maximum absolute atomic E-state index is 11.9. The van der Waals surface area contributed by atoms with Gasteiger partial charge in [-0.1, -0.05) is 0 Å². The first-order valence-electron chi connectivity index (χ1n) is 7.84. The van der Waals surface area contributed by atoms with Crippen LogP contribution in [0.3, 0.4) is 0 Å². The topological polar surface area (TPSA) is 105 Å². The SMILES string of the molecule is COC(=O)COc1ccc(NC(=O)NCCc2c(C)n[nH]c2C)cc1. The zero-order valence-corrected chi connectivity index (χ0v) is 14.5. The Morgan fingerprint density at radius 1 is 1.20 bits per heavy atom. The molecule has 1 heterocycles. The molecule has 1 aromatic heterocycles. The van der Waals surface area contributed by atoms with Gasteiger partial charge < -0.3 is 20.1 Å². The fourth-order valence-corrected chi connectivity index (χ4v) is 2.25. The van der Waals surface area contributed by atoms with E-state index in [-0.39, 0.29) is 12.6 Å². The molecule has 3 N–H and O–H groups in total. The Kier molecular flexibility index (Phi) is 6.39. The highest BCUT2D eigenvalue weighted by molar-refractivity contribution is 5.89. The number of methoxy groups -OCH3 is 1. The number of aromatic nitrogens is 2. The van der Waals surface area contributed by atoms with Crippen LogP contribution < -0.4 is 15.4 Å². The second-order valence-electron chi connectivity index (χ2n) is 5.43. The summed E-state index contributed by atoms with van der Waals surface area (Å²) in [6.07, 6.45) is 0.710. The molecule has 2 aromatic rings. The van der Waals surface area contributed by atoms with E-state index >= 15 is 0 Å². The number of benzene rings is 1. The second-order valence-corrected chi connectivity index (χ2v) is 5.43. The van der Waals surface area contributed by atoms with E-state index in [1.165, 1.54) is 7.11 Å². The molecule has 134 valence electrons. The molecule has 0 saturated carbocycles. The summed E-state index contributed by atoms with van der Waals surface area (Å²) in [7, 11) is 1.30. The van der Waals surface area contributed by atoms with Gasteiger partial charge in [-0.3, -0.25) is 5.10 Å². The second kappa shape index (κ2) is 8.72. The Balaban J connectivity index is 1.75. The minimum absolute atomic E-state index is 0.156. The molecule has 0 radical (unpaired) electrons. The van der Waals surface area contributed by atoms with Gasteiger partial charge in [-0.15, -0.1) is 0 Å². The van der Waals surface area contributed by atoms with E-state index < -0.39 is 5.97 Å². The molecule has 0 aliphatic carbocycles. The summed E-state index contributed by atoms with van der Waals surface area (Å²) in [6.45, 7) is 4.24. The smallest absolute Gasteiger partial charge is 0.343 e. The molecule has 25 heavy (non-hydrogen) atoms. The van der Waals surface area contributed by atoms with Crippen molar-refractivity contribution in [1.29, 1.82) is 0 Å². The van der Waals surface area contributed by atoms with Crippen LogP contribution in [0.25, 0.3) is 0 Å². The van der Waals surface area contributed by atoms with Crippen molar-refractivity contribution in [3.8, 4) is 5.75 Å². The first kappa shape index (κ1) is 18.3. The number of H-pyrrole nitrogens is 1. The molecule has 0 unspecified atom stereocenters. The largest absolute Gasteiger partial charge is 0.482 e. The zero-order valence-electron chi connectivity index (χ0n) is 14.5. The molecule has 0 aliphatic rings. The van der Waals surface area contributed by atoms with Gasteiger partial charge in [0.1, 0.15) is 5.75 Å². The third kappa shape index (κ3) is 5.52. The van der Waals surface area contributed by atoms with Crippen LogP contribution in [0.4, 0.5) is 10.5 Å². The molecular formula is C17H22N4O4. The number of nitrogens with one attached hydrogen (secondary N) is 3. The highest BCUT2D eigenvalue weighted by Gasteiger charge is 2.07. The van der Waals surface area contributed by atoms with Crippen LogP contribution in [0.1, 0.15) is 17.0 Å². The fraction of sp³-hybridized carbons (Fsp3) is 0.353. The molecular weight excluding hydrogens is 324 g/mol. The van der Waals surface area contributed by atoms with Gasteiger partial charge in [0.05, 0.1) is 12.8 Å². The van der Waals surface area contributed by atoms with Gasteiger partial charge in [-0.05, 0) is 50.1 Å². The predicted octanol–water partition coefficient (Wildman–Crippen LogP) is 1.94. The van der Waals surface area contributed by atoms with Gasteiger partial charge in [-0.25, -0.2) is 9.59 Å². The lowest BCUT2D eigenvalue weighted by molar-refractivity contribution is -0.142. The first-order valence-corrected chi connectivity index (χ1v) is 7.84. The van der Waals surface area contributed by atoms with Gasteiger partial charge in [0.25, 0.3) is 0 Å². The lowest BCUT2D eigenvalue weighted by Gasteiger charge is -2.09. The molecule has 2 amide bonds. The van der Waals surface area contributed by atoms with Gasteiger partial charge in [0.15, 0.2) is 6.61 Å². The molecule has 0 saturated heterocycles. The normalized spacial score (nSPS) is 10.2. The fourth-order valence-electron chi connectivity index (χ4n) is 2.25. The van der Waals surface area contributed by atoms with Crippen molar-refractivity contribution in [3.05, 3.63) is 41.2 Å². The number of carbonyl (C=O) groups is 2. The lowest BCUT2D eigenvalue weighted by Crippen LogP contribution is -2.30. The van der Waals surface area contributed by atoms with Gasteiger partial charge >= 0.3 is 12.0 Å². The van der Waals surface area contributed by atoms with Crippen LogP contribution in [-0.2, 0) is 16.0 Å². The molecule has 0 atom stereocenters. The van der Waals surface area contributed by atoms with E-state index in [9.17, 15) is 9.59 Å². The number of ether oxygens (including phenoxy) is 2. The minimum atomic E-state index is -0.454. The number of amides is 2. The highest BCUT2D eigenvalue weighted by atomic mass is 16.6. The number of rotatable bonds is 7. The third-order valence-electron chi connectivity index (χ3n) is 3.64. The number of hydrogen-bond donors (Lipinski definition) is 3. The van der Waals surface area contributed by atoms with E-state index in [2.05, 4.69) is 25.6 Å². The van der Waals surface area contributed by atoms with E-state index in [4.69, 9.17) is 4.74 Å². The Morgan fingerprint density at radius 2 is 1.92 bits per heavy atom. The number of aryl methyl sites for hydroxylation is 2. The zero-order chi connectivity index (χ0) is 18.2. The monoisotopic (exact) mass is 346 g/mol. The maximum Gasteiger partial charge on any atom is 0.343 e. The van der Waals surface area contributed by atoms with E-state index in [0.29, 0.717) is 24.4 Å². The molecule has 1 aromatic carbocycles. The molecule has 0 aliphatic heterocycles. The van der Waals surface area contributed by atoms with Crippen LogP contribution in [0.5, 0.6) is 5.75 Å². The lowest BCUT2D eigenvalue weighted by atomic mass is 10.1. The van der Waals surface area contributed by atoms with E-state index in [1.54, 1.807) is 24.3 Å². The van der Waals surface area contributed by atoms with Gasteiger partial charge in [0.2, 0.25) is 0 Å². The molecule has 8 heteroatoms. The number of esters is 1. The van der Waals surface area contributed by atoms with Crippen LogP contribution in [0.2, 0.25) is 0 Å². The summed E-state index contributed by atoms with van der Waals surface area (Å²) in [6, 6.07) is 6.42. The highest BCUT2D eigenvalue weighted by Crippen LogP contribution is 2.15. The van der Waals surface area contributed by atoms with Crippen LogP contribution in [0, 0.1) is 13.8 Å². The number of aromatic amines is 1. The Hall–Kier alpha value is -3.03. The van der Waals surface area contributed by atoms with E-state index in [1.807, 2.05) is 13.8 Å². The van der Waals surface area contributed by atoms with Gasteiger partial charge in [0, 0.05) is 17.9 Å². The molecule has 8 nitrogen and oxygen atoms in total. The summed E-state index contributed by atoms with van der Waals surface area (Å²) >= 11 is 0. The quantitative estimate of drug-likeness (QED) is 0.665. The van der Waals surface area contributed by atoms with Crippen molar-refractivity contribution < 1.29 is 19.1 Å². The summed E-state index contributed by atoms with van der Waals surface area (Å²) < 4.78 is 9.73. The molecule has 2 rings (SSSR count). The van der Waals surface area contributed by atoms with Gasteiger partial charge in [-0.2, -0.15) is 5.10 Å². The van der Waals surface area contributed by atoms with Crippen LogP contribution >= 0.6 is 0 Å². The Bertz CT molecular complexity index is 705. The summed E-state index contributed by atoms with van der Waals surface area (Å²) in [5.41, 5.74) is 3.70. The molecule has 0 bridgehead atoms. The molecule has 0 spiro atoms. The standard InChI is InChI=1S/C17H22N4O4/c1-11-15(12(2)21-20-11)8-9-18-17(23)19-13-4-6-14(7-5-13)25-10-16(22)24-3/h4-7H,8-10H2,1-3H3,(H,20,21)(H2,18,19,23). The average molecular weight is 346 g/mol. The van der Waals surface area contributed by atoms with Crippen LogP contribution in [0.15, 0.2) is 24.3 Å². The van der Waals surface area contributed by atoms with Crippen molar-refractivity contribution in [3.63, 3.8) is 0 Å². The summed E-state index contributed by atoms with van der Waals surface area (Å²) in [5, 5.41) is 12.6. The Morgan fingerprint density at radius 3 is 2.52 bits per heavy atom.